The zero-order valence-electron chi connectivity index (χ0n) is 29.9. The SMILES string of the molecule is CNC(=O)CCCC#Cc1csc(/C=C/C(=O)N2O[C@H](CC(C)C)C(=O)N3[C@@H]2CN([C@H]2CCN(CCCCO)C2)C(=O)[C@@H]3CC(C)(C)C)n1. The molecule has 49 heavy (non-hydrogen) atoms. The molecule has 3 aliphatic rings. The fraction of sp³-hybridized carbons (Fsp3) is 0.694. The number of unbranched alkanes of at least 4 members (excludes halogenated alkanes) is 2. The van der Waals surface area contributed by atoms with E-state index in [2.05, 4.69) is 47.8 Å². The average Bonchev–Trinajstić information content (AvgIpc) is 3.71. The molecular weight excluding hydrogens is 644 g/mol. The molecule has 0 aliphatic carbocycles. The normalized spacial score (nSPS) is 23.3. The zero-order valence-corrected chi connectivity index (χ0v) is 30.8. The van der Waals surface area contributed by atoms with Crippen molar-refractivity contribution in [1.82, 2.24) is 30.1 Å². The highest BCUT2D eigenvalue weighted by Crippen LogP contribution is 2.36. The molecule has 0 bridgehead atoms. The topological polar surface area (TPSA) is 136 Å². The van der Waals surface area contributed by atoms with Crippen LogP contribution < -0.4 is 5.32 Å². The van der Waals surface area contributed by atoms with E-state index < -0.39 is 24.2 Å². The number of rotatable bonds is 13. The lowest BCUT2D eigenvalue weighted by atomic mass is 9.85. The van der Waals surface area contributed by atoms with Gasteiger partial charge in [0.15, 0.2) is 12.3 Å². The second kappa shape index (κ2) is 17.6. The number of aliphatic hydroxyl groups is 1. The third-order valence-corrected chi connectivity index (χ3v) is 9.81. The standard InChI is InChI=1S/C36H54N6O6S/c1-25(2)20-29-35(47)41-28(21-36(3,4)5)34(46)40(27-16-18-39(22-27)17-10-11-19-43)23-32(41)42(48-29)33(45)15-14-31-38-26(24-49-31)12-8-7-9-13-30(44)37-6/h14-15,24-25,27-29,32,43H,7,9-11,13,16-23H2,1-6H3,(H,37,44)/b15-14+/t27-,28-,29+,32-/m0/s1. The first-order valence-corrected chi connectivity index (χ1v) is 18.5. The molecule has 1 aromatic rings. The molecule has 12 nitrogen and oxygen atoms in total. The molecule has 4 atom stereocenters. The molecule has 4 heterocycles. The van der Waals surface area contributed by atoms with Gasteiger partial charge in [0.05, 0.1) is 6.54 Å². The Labute approximate surface area is 295 Å². The first-order valence-electron chi connectivity index (χ1n) is 17.6. The molecule has 13 heteroatoms. The van der Waals surface area contributed by atoms with Crippen molar-refractivity contribution in [3.63, 3.8) is 0 Å². The summed E-state index contributed by atoms with van der Waals surface area (Å²) in [5.41, 5.74) is 0.338. The lowest BCUT2D eigenvalue weighted by Crippen LogP contribution is -2.74. The number of aliphatic hydroxyl groups excluding tert-OH is 1. The van der Waals surface area contributed by atoms with Crippen LogP contribution in [-0.2, 0) is 24.0 Å². The van der Waals surface area contributed by atoms with Crippen molar-refractivity contribution >= 4 is 41.0 Å². The van der Waals surface area contributed by atoms with Gasteiger partial charge < -0.3 is 25.1 Å². The smallest absolute Gasteiger partial charge is 0.272 e. The van der Waals surface area contributed by atoms with Gasteiger partial charge in [0.2, 0.25) is 11.8 Å². The summed E-state index contributed by atoms with van der Waals surface area (Å²) in [5.74, 6) is 5.44. The third-order valence-electron chi connectivity index (χ3n) is 9.00. The van der Waals surface area contributed by atoms with Crippen LogP contribution in [0.5, 0.6) is 0 Å². The monoisotopic (exact) mass is 698 g/mol. The Balaban J connectivity index is 1.56. The Hall–Kier alpha value is -3.31. The van der Waals surface area contributed by atoms with E-state index >= 15 is 0 Å². The van der Waals surface area contributed by atoms with Crippen molar-refractivity contribution in [2.75, 3.05) is 39.8 Å². The molecule has 0 saturated carbocycles. The molecule has 3 saturated heterocycles. The minimum absolute atomic E-state index is 0.0130. The van der Waals surface area contributed by atoms with E-state index in [0.717, 1.165) is 32.4 Å². The number of carbonyl (C=O) groups excluding carboxylic acids is 4. The van der Waals surface area contributed by atoms with Crippen molar-refractivity contribution in [3.05, 3.63) is 22.2 Å². The number of likely N-dealkylation sites (tertiary alicyclic amines) is 1. The number of fused-ring (bicyclic) bond motifs is 1. The van der Waals surface area contributed by atoms with Crippen LogP contribution in [0.2, 0.25) is 0 Å². The average molecular weight is 699 g/mol. The number of nitrogens with one attached hydrogen (secondary N) is 1. The molecule has 0 spiro atoms. The van der Waals surface area contributed by atoms with Crippen molar-refractivity contribution in [3.8, 4) is 11.8 Å². The summed E-state index contributed by atoms with van der Waals surface area (Å²) in [7, 11) is 1.61. The van der Waals surface area contributed by atoms with Crippen LogP contribution in [0.1, 0.15) is 96.7 Å². The van der Waals surface area contributed by atoms with Gasteiger partial charge in [-0.1, -0.05) is 40.5 Å². The van der Waals surface area contributed by atoms with Crippen LogP contribution in [0, 0.1) is 23.2 Å². The van der Waals surface area contributed by atoms with Gasteiger partial charge in [0, 0.05) is 57.1 Å². The maximum Gasteiger partial charge on any atom is 0.272 e. The Bertz CT molecular complexity index is 1410. The number of hydroxylamine groups is 2. The maximum atomic E-state index is 14.3. The van der Waals surface area contributed by atoms with E-state index in [4.69, 9.17) is 4.84 Å². The van der Waals surface area contributed by atoms with E-state index in [1.54, 1.807) is 18.0 Å². The summed E-state index contributed by atoms with van der Waals surface area (Å²) in [4.78, 5) is 70.4. The Morgan fingerprint density at radius 2 is 1.96 bits per heavy atom. The molecule has 2 N–H and O–H groups in total. The van der Waals surface area contributed by atoms with Crippen molar-refractivity contribution in [1.29, 1.82) is 0 Å². The molecule has 0 aromatic carbocycles. The lowest BCUT2D eigenvalue weighted by molar-refractivity contribution is -0.275. The number of piperazine rings is 1. The zero-order chi connectivity index (χ0) is 35.7. The molecule has 0 radical (unpaired) electrons. The van der Waals surface area contributed by atoms with Crippen LogP contribution in [-0.4, -0.2) is 118 Å². The number of carbonyl (C=O) groups is 4. The highest BCUT2D eigenvalue weighted by atomic mass is 32.1. The largest absolute Gasteiger partial charge is 0.396 e. The van der Waals surface area contributed by atoms with Crippen LogP contribution in [0.15, 0.2) is 11.5 Å². The number of nitrogens with zero attached hydrogens (tertiary/aromatic N) is 5. The van der Waals surface area contributed by atoms with Crippen LogP contribution >= 0.6 is 11.3 Å². The number of hydrogen-bond acceptors (Lipinski definition) is 9. The van der Waals surface area contributed by atoms with Gasteiger partial charge >= 0.3 is 0 Å². The fourth-order valence-electron chi connectivity index (χ4n) is 6.61. The Morgan fingerprint density at radius 3 is 2.65 bits per heavy atom. The second-order valence-electron chi connectivity index (χ2n) is 14.8. The minimum Gasteiger partial charge on any atom is -0.396 e. The lowest BCUT2D eigenvalue weighted by Gasteiger charge is -2.54. The van der Waals surface area contributed by atoms with Gasteiger partial charge in [-0.05, 0) is 68.4 Å². The van der Waals surface area contributed by atoms with E-state index in [9.17, 15) is 24.3 Å². The maximum absolute atomic E-state index is 14.3. The Kier molecular flexibility index (Phi) is 13.8. The van der Waals surface area contributed by atoms with Gasteiger partial charge in [0.25, 0.3) is 11.8 Å². The van der Waals surface area contributed by atoms with Gasteiger partial charge in [-0.3, -0.25) is 24.0 Å². The van der Waals surface area contributed by atoms with Gasteiger partial charge in [-0.25, -0.2) is 4.98 Å². The number of hydrogen-bond donors (Lipinski definition) is 2. The van der Waals surface area contributed by atoms with E-state index in [0.29, 0.717) is 49.4 Å². The van der Waals surface area contributed by atoms with Crippen molar-refractivity contribution < 1.29 is 29.1 Å². The van der Waals surface area contributed by atoms with Gasteiger partial charge in [-0.15, -0.1) is 11.3 Å². The summed E-state index contributed by atoms with van der Waals surface area (Å²) >= 11 is 1.36. The van der Waals surface area contributed by atoms with Crippen molar-refractivity contribution in [2.45, 2.75) is 110 Å². The first kappa shape index (κ1) is 38.5. The highest BCUT2D eigenvalue weighted by molar-refractivity contribution is 7.10. The van der Waals surface area contributed by atoms with Gasteiger partial charge in [-0.2, -0.15) is 5.06 Å². The molecule has 270 valence electrons. The van der Waals surface area contributed by atoms with E-state index in [-0.39, 0.29) is 48.2 Å². The predicted molar refractivity (Wildman–Crippen MR) is 188 cm³/mol. The summed E-state index contributed by atoms with van der Waals surface area (Å²) < 4.78 is 0. The molecule has 3 aliphatic heterocycles. The molecule has 4 amide bonds. The molecular formula is C36H54N6O6S. The van der Waals surface area contributed by atoms with Crippen LogP contribution in [0.3, 0.4) is 0 Å². The van der Waals surface area contributed by atoms with E-state index in [1.165, 1.54) is 22.5 Å². The summed E-state index contributed by atoms with van der Waals surface area (Å²) in [6, 6.07) is -0.759. The molecule has 1 aromatic heterocycles. The number of thiazole rings is 1. The molecule has 3 fully saturated rings. The highest BCUT2D eigenvalue weighted by Gasteiger charge is 2.54. The first-order chi connectivity index (χ1) is 23.3. The fourth-order valence-corrected chi connectivity index (χ4v) is 7.26. The second-order valence-corrected chi connectivity index (χ2v) is 15.7. The van der Waals surface area contributed by atoms with Crippen molar-refractivity contribution in [2.24, 2.45) is 11.3 Å². The van der Waals surface area contributed by atoms with E-state index in [1.807, 2.05) is 24.1 Å². The van der Waals surface area contributed by atoms with Crippen LogP contribution in [0.4, 0.5) is 0 Å². The summed E-state index contributed by atoms with van der Waals surface area (Å²) in [6.07, 6.45) is 6.37. The Morgan fingerprint density at radius 1 is 1.18 bits per heavy atom. The number of amides is 4. The predicted octanol–water partition coefficient (Wildman–Crippen LogP) is 3.26. The van der Waals surface area contributed by atoms with Gasteiger partial charge in [0.1, 0.15) is 16.7 Å². The third kappa shape index (κ3) is 10.6. The molecule has 0 unspecified atom stereocenters. The number of aromatic nitrogens is 1. The minimum atomic E-state index is -0.881. The summed E-state index contributed by atoms with van der Waals surface area (Å²) in [6.45, 7) is 13.0. The van der Waals surface area contributed by atoms with Crippen LogP contribution in [0.25, 0.3) is 6.08 Å². The summed E-state index contributed by atoms with van der Waals surface area (Å²) in [5, 5.41) is 15.6. The molecule has 4 rings (SSSR count). The quantitative estimate of drug-likeness (QED) is 0.182.